The highest BCUT2D eigenvalue weighted by Gasteiger charge is 2.20. The number of rotatable bonds is 5. The third-order valence-corrected chi connectivity index (χ3v) is 3.27. The molecule has 0 aliphatic heterocycles. The Morgan fingerprint density at radius 2 is 1.52 bits per heavy atom. The number of aromatic carboxylic acids is 1. The summed E-state index contributed by atoms with van der Waals surface area (Å²) in [7, 11) is 0. The summed E-state index contributed by atoms with van der Waals surface area (Å²) in [4.78, 5) is 43.2. The Kier molecular flexibility index (Phi) is 4.94. The molecule has 0 radical (unpaired) electrons. The zero-order valence-electron chi connectivity index (χ0n) is 12.1. The van der Waals surface area contributed by atoms with E-state index in [-0.39, 0.29) is 16.3 Å². The Labute approximate surface area is 143 Å². The molecule has 128 valence electrons. The zero-order valence-corrected chi connectivity index (χ0v) is 12.9. The van der Waals surface area contributed by atoms with Crippen molar-refractivity contribution in [2.75, 3.05) is 5.32 Å². The van der Waals surface area contributed by atoms with E-state index in [2.05, 4.69) is 5.32 Å². The predicted octanol–water partition coefficient (Wildman–Crippen LogP) is 1.77. The maximum atomic E-state index is 12.2. The molecule has 1 N–H and O–H groups in total. The molecule has 0 unspecified atom stereocenters. The molecule has 0 spiro atoms. The number of carbonyl (C=O) groups excluding carboxylic acids is 2. The molecule has 0 heterocycles. The number of carbonyl (C=O) groups is 2. The second kappa shape index (κ2) is 6.93. The summed E-state index contributed by atoms with van der Waals surface area (Å²) >= 11 is 5.67. The molecule has 2 aromatic carbocycles. The number of halogens is 1. The van der Waals surface area contributed by atoms with Gasteiger partial charge in [-0.25, -0.2) is 0 Å². The molecule has 0 aliphatic carbocycles. The fourth-order valence-corrected chi connectivity index (χ4v) is 2.10. The number of carboxylic acids is 1. The Hall–Kier alpha value is -3.53. The van der Waals surface area contributed by atoms with E-state index >= 15 is 0 Å². The van der Waals surface area contributed by atoms with E-state index in [1.165, 1.54) is 12.1 Å². The molecule has 0 saturated heterocycles. The molecule has 1 amide bonds. The van der Waals surface area contributed by atoms with Crippen LogP contribution in [0.2, 0.25) is 5.02 Å². The first kappa shape index (κ1) is 17.8. The monoisotopic (exact) mass is 364 g/mol. The van der Waals surface area contributed by atoms with Crippen LogP contribution in [0, 0.1) is 20.2 Å². The SMILES string of the molecule is O=C(Nc1ccc(Cl)cc1C(=O)[O-])c1cc([N+](=O)[O-])cc([N+](=O)[O-])c1. The molecule has 10 nitrogen and oxygen atoms in total. The number of hydrogen-bond donors (Lipinski definition) is 1. The number of nitrogens with one attached hydrogen (secondary N) is 1. The van der Waals surface area contributed by atoms with Crippen LogP contribution in [0.5, 0.6) is 0 Å². The van der Waals surface area contributed by atoms with Crippen molar-refractivity contribution in [3.63, 3.8) is 0 Å². The highest BCUT2D eigenvalue weighted by molar-refractivity contribution is 6.31. The molecule has 0 fully saturated rings. The van der Waals surface area contributed by atoms with Crippen LogP contribution < -0.4 is 10.4 Å². The number of benzene rings is 2. The molecule has 0 aliphatic rings. The van der Waals surface area contributed by atoms with Gasteiger partial charge >= 0.3 is 0 Å². The highest BCUT2D eigenvalue weighted by Crippen LogP contribution is 2.25. The van der Waals surface area contributed by atoms with Crippen molar-refractivity contribution in [3.05, 3.63) is 72.8 Å². The second-order valence-corrected chi connectivity index (χ2v) is 5.12. The van der Waals surface area contributed by atoms with Crippen LogP contribution in [0.4, 0.5) is 17.1 Å². The van der Waals surface area contributed by atoms with Crippen LogP contribution in [0.1, 0.15) is 20.7 Å². The van der Waals surface area contributed by atoms with Crippen molar-refractivity contribution in [2.45, 2.75) is 0 Å². The highest BCUT2D eigenvalue weighted by atomic mass is 35.5. The van der Waals surface area contributed by atoms with Crippen molar-refractivity contribution in [1.29, 1.82) is 0 Å². The van der Waals surface area contributed by atoms with E-state index in [0.29, 0.717) is 6.07 Å². The first-order chi connectivity index (χ1) is 11.7. The second-order valence-electron chi connectivity index (χ2n) is 4.68. The number of carboxylic acid groups (broad SMARTS) is 1. The van der Waals surface area contributed by atoms with Gasteiger partial charge in [0, 0.05) is 22.7 Å². The normalized spacial score (nSPS) is 10.1. The standard InChI is InChI=1S/C14H8ClN3O7/c15-8-1-2-12(11(5-8)14(20)21)16-13(19)7-3-9(17(22)23)6-10(4-7)18(24)25/h1-6H,(H,16,19)(H,20,21)/p-1. The molecule has 2 rings (SSSR count). The van der Waals surface area contributed by atoms with E-state index in [1.54, 1.807) is 0 Å². The zero-order chi connectivity index (χ0) is 18.7. The summed E-state index contributed by atoms with van der Waals surface area (Å²) in [5.74, 6) is -2.58. The van der Waals surface area contributed by atoms with Gasteiger partial charge in [0.2, 0.25) is 0 Å². The Morgan fingerprint density at radius 1 is 0.960 bits per heavy atom. The first-order valence-electron chi connectivity index (χ1n) is 6.45. The van der Waals surface area contributed by atoms with Gasteiger partial charge in [0.05, 0.1) is 33.1 Å². The molecule has 0 bridgehead atoms. The van der Waals surface area contributed by atoms with Crippen molar-refractivity contribution in [3.8, 4) is 0 Å². The summed E-state index contributed by atoms with van der Waals surface area (Å²) in [6.07, 6.45) is 0. The number of amides is 1. The van der Waals surface area contributed by atoms with E-state index in [1.807, 2.05) is 0 Å². The molecule has 25 heavy (non-hydrogen) atoms. The third-order valence-electron chi connectivity index (χ3n) is 3.04. The minimum absolute atomic E-state index is 0.0863. The summed E-state index contributed by atoms with van der Waals surface area (Å²) in [6, 6.07) is 5.90. The summed E-state index contributed by atoms with van der Waals surface area (Å²) in [5, 5.41) is 35.1. The van der Waals surface area contributed by atoms with Gasteiger partial charge in [0.25, 0.3) is 17.3 Å². The lowest BCUT2D eigenvalue weighted by molar-refractivity contribution is -0.394. The number of nitrogens with zero attached hydrogens (tertiary/aromatic N) is 2. The molecule has 11 heteroatoms. The maximum absolute atomic E-state index is 12.2. The fraction of sp³-hybridized carbons (Fsp3) is 0. The van der Waals surface area contributed by atoms with Crippen LogP contribution >= 0.6 is 11.6 Å². The quantitative estimate of drug-likeness (QED) is 0.625. The van der Waals surface area contributed by atoms with Gasteiger partial charge < -0.3 is 15.2 Å². The number of hydrogen-bond acceptors (Lipinski definition) is 7. The smallest absolute Gasteiger partial charge is 0.277 e. The fourth-order valence-electron chi connectivity index (χ4n) is 1.93. The van der Waals surface area contributed by atoms with Gasteiger partial charge in [-0.05, 0) is 18.2 Å². The van der Waals surface area contributed by atoms with Crippen molar-refractivity contribution in [2.24, 2.45) is 0 Å². The lowest BCUT2D eigenvalue weighted by Gasteiger charge is -2.12. The van der Waals surface area contributed by atoms with E-state index < -0.39 is 38.7 Å². The van der Waals surface area contributed by atoms with Gasteiger partial charge in [-0.15, -0.1) is 0 Å². The van der Waals surface area contributed by atoms with Crippen LogP contribution in [0.3, 0.4) is 0 Å². The molecular weight excluding hydrogens is 358 g/mol. The van der Waals surface area contributed by atoms with Gasteiger partial charge in [-0.2, -0.15) is 0 Å². The Morgan fingerprint density at radius 3 is 2.00 bits per heavy atom. The third kappa shape index (κ3) is 4.06. The van der Waals surface area contributed by atoms with Crippen LogP contribution in [0.15, 0.2) is 36.4 Å². The van der Waals surface area contributed by atoms with Crippen molar-refractivity contribution in [1.82, 2.24) is 0 Å². The number of nitro groups is 2. The minimum atomic E-state index is -1.61. The van der Waals surface area contributed by atoms with Crippen molar-refractivity contribution >= 4 is 40.5 Å². The lowest BCUT2D eigenvalue weighted by Crippen LogP contribution is -2.25. The van der Waals surface area contributed by atoms with E-state index in [4.69, 9.17) is 11.6 Å². The summed E-state index contributed by atoms with van der Waals surface area (Å²) in [5.41, 5.74) is -2.30. The van der Waals surface area contributed by atoms with Gasteiger partial charge in [-0.3, -0.25) is 25.0 Å². The first-order valence-corrected chi connectivity index (χ1v) is 6.83. The largest absolute Gasteiger partial charge is 0.545 e. The average Bonchev–Trinajstić information content (AvgIpc) is 2.55. The molecule has 0 saturated carbocycles. The molecule has 0 atom stereocenters. The average molecular weight is 365 g/mol. The number of non-ortho nitro benzene ring substituents is 2. The van der Waals surface area contributed by atoms with Crippen LogP contribution in [0.25, 0.3) is 0 Å². The summed E-state index contributed by atoms with van der Waals surface area (Å²) < 4.78 is 0. The maximum Gasteiger partial charge on any atom is 0.277 e. The van der Waals surface area contributed by atoms with Gasteiger partial charge in [0.1, 0.15) is 0 Å². The van der Waals surface area contributed by atoms with Gasteiger partial charge in [0.15, 0.2) is 0 Å². The Balaban J connectivity index is 2.44. The van der Waals surface area contributed by atoms with E-state index in [0.717, 1.165) is 18.2 Å². The number of anilines is 1. The Bertz CT molecular complexity index is 881. The topological polar surface area (TPSA) is 156 Å². The summed E-state index contributed by atoms with van der Waals surface area (Å²) in [6.45, 7) is 0. The number of nitro benzene ring substituents is 2. The minimum Gasteiger partial charge on any atom is -0.545 e. The molecule has 0 aromatic heterocycles. The van der Waals surface area contributed by atoms with E-state index in [9.17, 15) is 34.9 Å². The molecular formula is C14H7ClN3O7-. The van der Waals surface area contributed by atoms with Gasteiger partial charge in [-0.1, -0.05) is 11.6 Å². The lowest BCUT2D eigenvalue weighted by atomic mass is 10.1. The van der Waals surface area contributed by atoms with Crippen molar-refractivity contribution < 1.29 is 24.5 Å². The molecule has 2 aromatic rings. The van der Waals surface area contributed by atoms with Crippen LogP contribution in [-0.4, -0.2) is 21.7 Å². The predicted molar refractivity (Wildman–Crippen MR) is 83.5 cm³/mol. The van der Waals surface area contributed by atoms with Crippen LogP contribution in [-0.2, 0) is 0 Å².